The SMILES string of the molecule is CCCNC(=O)N1CCc2c([nH]c3ccccc23)[C@@]12C(=O)N(CCC)c1ccccc12. The Hall–Kier alpha value is -3.28. The van der Waals surface area contributed by atoms with Crippen LogP contribution in [0.5, 0.6) is 0 Å². The third kappa shape index (κ3) is 2.63. The van der Waals surface area contributed by atoms with Crippen LogP contribution in [0.2, 0.25) is 0 Å². The normalized spacial score (nSPS) is 19.7. The lowest BCUT2D eigenvalue weighted by molar-refractivity contribution is -0.126. The number of benzene rings is 2. The topological polar surface area (TPSA) is 68.4 Å². The summed E-state index contributed by atoms with van der Waals surface area (Å²) < 4.78 is 0. The van der Waals surface area contributed by atoms with E-state index in [9.17, 15) is 9.59 Å². The van der Waals surface area contributed by atoms with E-state index in [1.807, 2.05) is 54.3 Å². The predicted molar refractivity (Wildman–Crippen MR) is 122 cm³/mol. The van der Waals surface area contributed by atoms with E-state index in [-0.39, 0.29) is 11.9 Å². The second-order valence-corrected chi connectivity index (χ2v) is 8.34. The highest BCUT2D eigenvalue weighted by Gasteiger charge is 2.60. The van der Waals surface area contributed by atoms with E-state index in [4.69, 9.17) is 0 Å². The fraction of sp³-hybridized carbons (Fsp3) is 0.360. The van der Waals surface area contributed by atoms with Crippen molar-refractivity contribution < 1.29 is 9.59 Å². The number of fused-ring (bicyclic) bond motifs is 6. The van der Waals surface area contributed by atoms with Gasteiger partial charge in [-0.05, 0) is 37.0 Å². The molecule has 0 fully saturated rings. The fourth-order valence-corrected chi connectivity index (χ4v) is 5.26. The molecule has 2 aliphatic heterocycles. The van der Waals surface area contributed by atoms with Gasteiger partial charge < -0.3 is 20.1 Å². The molecule has 31 heavy (non-hydrogen) atoms. The maximum atomic E-state index is 14.2. The molecular weight excluding hydrogens is 388 g/mol. The first-order valence-corrected chi connectivity index (χ1v) is 11.2. The van der Waals surface area contributed by atoms with Gasteiger partial charge in [-0.1, -0.05) is 50.2 Å². The second kappa shape index (κ2) is 7.45. The van der Waals surface area contributed by atoms with Gasteiger partial charge in [0.1, 0.15) is 0 Å². The summed E-state index contributed by atoms with van der Waals surface area (Å²) in [6.07, 6.45) is 2.40. The maximum absolute atomic E-state index is 14.2. The predicted octanol–water partition coefficient (Wildman–Crippen LogP) is 4.15. The molecule has 1 atom stereocenters. The number of amides is 3. The van der Waals surface area contributed by atoms with Crippen LogP contribution in [0.25, 0.3) is 10.9 Å². The van der Waals surface area contributed by atoms with Crippen molar-refractivity contribution in [1.29, 1.82) is 0 Å². The number of rotatable bonds is 4. The van der Waals surface area contributed by atoms with Gasteiger partial charge in [-0.25, -0.2) is 4.79 Å². The Morgan fingerprint density at radius 2 is 1.87 bits per heavy atom. The highest BCUT2D eigenvalue weighted by Crippen LogP contribution is 2.51. The van der Waals surface area contributed by atoms with Gasteiger partial charge in [0.2, 0.25) is 0 Å². The molecule has 3 aromatic rings. The molecule has 3 heterocycles. The van der Waals surface area contributed by atoms with Crippen molar-refractivity contribution in [2.24, 2.45) is 0 Å². The fourth-order valence-electron chi connectivity index (χ4n) is 5.26. The van der Waals surface area contributed by atoms with Gasteiger partial charge in [0.05, 0.1) is 11.4 Å². The number of nitrogens with one attached hydrogen (secondary N) is 2. The van der Waals surface area contributed by atoms with Crippen molar-refractivity contribution in [2.45, 2.75) is 38.6 Å². The Labute approximate surface area is 182 Å². The minimum atomic E-state index is -1.17. The molecule has 5 rings (SSSR count). The molecule has 2 aromatic carbocycles. The lowest BCUT2D eigenvalue weighted by atomic mass is 9.80. The Morgan fingerprint density at radius 1 is 1.10 bits per heavy atom. The summed E-state index contributed by atoms with van der Waals surface area (Å²) in [5.74, 6) is -0.0466. The summed E-state index contributed by atoms with van der Waals surface area (Å²) in [5.41, 5.74) is 3.58. The number of H-pyrrole nitrogens is 1. The molecule has 6 heteroatoms. The first kappa shape index (κ1) is 19.7. The van der Waals surface area contributed by atoms with Crippen LogP contribution in [0.15, 0.2) is 48.5 Å². The number of hydrogen-bond donors (Lipinski definition) is 2. The molecule has 2 aliphatic rings. The van der Waals surface area contributed by atoms with E-state index in [0.29, 0.717) is 26.1 Å². The van der Waals surface area contributed by atoms with Crippen LogP contribution >= 0.6 is 0 Å². The minimum absolute atomic E-state index is 0.0466. The summed E-state index contributed by atoms with van der Waals surface area (Å²) in [7, 11) is 0. The number of hydrogen-bond acceptors (Lipinski definition) is 2. The van der Waals surface area contributed by atoms with E-state index in [2.05, 4.69) is 23.3 Å². The zero-order valence-electron chi connectivity index (χ0n) is 18.1. The summed E-state index contributed by atoms with van der Waals surface area (Å²) >= 11 is 0. The molecule has 6 nitrogen and oxygen atoms in total. The minimum Gasteiger partial charge on any atom is -0.355 e. The number of nitrogens with zero attached hydrogens (tertiary/aromatic N) is 2. The Morgan fingerprint density at radius 3 is 2.68 bits per heavy atom. The number of urea groups is 1. The van der Waals surface area contributed by atoms with Gasteiger partial charge in [-0.2, -0.15) is 0 Å². The van der Waals surface area contributed by atoms with Gasteiger partial charge in [0, 0.05) is 36.1 Å². The highest BCUT2D eigenvalue weighted by molar-refractivity contribution is 6.12. The van der Waals surface area contributed by atoms with Crippen LogP contribution in [0.4, 0.5) is 10.5 Å². The van der Waals surface area contributed by atoms with Crippen LogP contribution in [0.3, 0.4) is 0 Å². The molecule has 0 bridgehead atoms. The number of para-hydroxylation sites is 2. The van der Waals surface area contributed by atoms with Gasteiger partial charge >= 0.3 is 6.03 Å². The standard InChI is InChI=1S/C25H28N4O2/c1-3-14-26-24(31)29-16-13-18-17-9-5-7-11-20(17)27-22(18)25(29)19-10-6-8-12-21(19)28(15-4-2)23(25)30/h5-12,27H,3-4,13-16H2,1-2H3,(H,26,31)/t25-/m0/s1. The Bertz CT molecular complexity index is 1170. The van der Waals surface area contributed by atoms with E-state index in [1.165, 1.54) is 0 Å². The zero-order valence-corrected chi connectivity index (χ0v) is 18.1. The molecule has 2 N–H and O–H groups in total. The number of anilines is 1. The van der Waals surface area contributed by atoms with Crippen molar-refractivity contribution in [3.8, 4) is 0 Å². The molecule has 0 saturated heterocycles. The molecule has 1 spiro atoms. The molecule has 160 valence electrons. The molecule has 1 aromatic heterocycles. The van der Waals surface area contributed by atoms with Crippen LogP contribution < -0.4 is 10.2 Å². The first-order valence-electron chi connectivity index (χ1n) is 11.2. The average molecular weight is 417 g/mol. The van der Waals surface area contributed by atoms with Crippen molar-refractivity contribution in [2.75, 3.05) is 24.5 Å². The van der Waals surface area contributed by atoms with E-state index < -0.39 is 5.54 Å². The van der Waals surface area contributed by atoms with Gasteiger partial charge in [-0.15, -0.1) is 0 Å². The van der Waals surface area contributed by atoms with Crippen LogP contribution in [-0.2, 0) is 16.8 Å². The third-order valence-corrected chi connectivity index (χ3v) is 6.52. The number of carbonyl (C=O) groups is 2. The van der Waals surface area contributed by atoms with E-state index >= 15 is 0 Å². The molecular formula is C25H28N4O2. The lowest BCUT2D eigenvalue weighted by Crippen LogP contribution is -2.61. The van der Waals surface area contributed by atoms with Crippen molar-refractivity contribution in [3.05, 3.63) is 65.4 Å². The van der Waals surface area contributed by atoms with Crippen LogP contribution in [0, 0.1) is 0 Å². The van der Waals surface area contributed by atoms with E-state index in [0.717, 1.165) is 46.3 Å². The van der Waals surface area contributed by atoms with Crippen molar-refractivity contribution >= 4 is 28.5 Å². The third-order valence-electron chi connectivity index (χ3n) is 6.52. The van der Waals surface area contributed by atoms with Crippen LogP contribution in [0.1, 0.15) is 43.5 Å². The van der Waals surface area contributed by atoms with Gasteiger partial charge in [0.15, 0.2) is 5.54 Å². The number of aromatic amines is 1. The molecule has 0 radical (unpaired) electrons. The zero-order chi connectivity index (χ0) is 21.6. The summed E-state index contributed by atoms with van der Waals surface area (Å²) in [6, 6.07) is 15.9. The first-order chi connectivity index (χ1) is 15.1. The van der Waals surface area contributed by atoms with Crippen molar-refractivity contribution in [1.82, 2.24) is 15.2 Å². The lowest BCUT2D eigenvalue weighted by Gasteiger charge is -2.43. The van der Waals surface area contributed by atoms with E-state index in [1.54, 1.807) is 4.90 Å². The molecule has 3 amide bonds. The van der Waals surface area contributed by atoms with Gasteiger partial charge in [0.25, 0.3) is 5.91 Å². The quantitative estimate of drug-likeness (QED) is 0.671. The smallest absolute Gasteiger partial charge is 0.318 e. The number of carbonyl (C=O) groups excluding carboxylic acids is 2. The summed E-state index contributed by atoms with van der Waals surface area (Å²) in [5, 5.41) is 4.15. The largest absolute Gasteiger partial charge is 0.355 e. The monoisotopic (exact) mass is 416 g/mol. The van der Waals surface area contributed by atoms with Crippen LogP contribution in [-0.4, -0.2) is 41.5 Å². The average Bonchev–Trinajstić information content (AvgIpc) is 3.29. The summed E-state index contributed by atoms with van der Waals surface area (Å²) in [4.78, 5) is 34.8. The Kier molecular flexibility index (Phi) is 4.73. The summed E-state index contributed by atoms with van der Waals surface area (Å²) in [6.45, 7) is 5.80. The maximum Gasteiger partial charge on any atom is 0.318 e. The van der Waals surface area contributed by atoms with Crippen molar-refractivity contribution in [3.63, 3.8) is 0 Å². The van der Waals surface area contributed by atoms with Gasteiger partial charge in [-0.3, -0.25) is 4.79 Å². The molecule has 0 saturated carbocycles. The highest BCUT2D eigenvalue weighted by atomic mass is 16.2. The molecule has 0 unspecified atom stereocenters. The Balaban J connectivity index is 1.80. The number of aromatic nitrogens is 1. The second-order valence-electron chi connectivity index (χ2n) is 8.34. The molecule has 0 aliphatic carbocycles.